The molecule has 32 heavy (non-hydrogen) atoms. The number of halogens is 1. The van der Waals surface area contributed by atoms with Crippen molar-refractivity contribution >= 4 is 29.1 Å². The first kappa shape index (κ1) is 20.4. The Morgan fingerprint density at radius 3 is 2.47 bits per heavy atom. The summed E-state index contributed by atoms with van der Waals surface area (Å²) >= 11 is 6.42. The Bertz CT molecular complexity index is 1220. The van der Waals surface area contributed by atoms with Crippen LogP contribution < -0.4 is 14.4 Å². The third kappa shape index (κ3) is 2.87. The monoisotopic (exact) mass is 448 g/mol. The number of ether oxygens (including phenoxy) is 2. The molecule has 3 aromatic carbocycles. The minimum atomic E-state index is -1.01. The van der Waals surface area contributed by atoms with Gasteiger partial charge in [0, 0.05) is 29.4 Å². The fourth-order valence-electron chi connectivity index (χ4n) is 4.64. The van der Waals surface area contributed by atoms with Crippen LogP contribution in [-0.2, 0) is 15.1 Å². The fraction of sp³-hybridized carbons (Fsp3) is 0.200. The third-order valence-corrected chi connectivity index (χ3v) is 6.44. The topological polar surface area (TPSA) is 59.1 Å². The van der Waals surface area contributed by atoms with Crippen LogP contribution in [-0.4, -0.2) is 43.5 Å². The summed E-state index contributed by atoms with van der Waals surface area (Å²) in [6, 6.07) is 22.1. The predicted molar refractivity (Wildman–Crippen MR) is 121 cm³/mol. The number of amides is 2. The highest BCUT2D eigenvalue weighted by molar-refractivity contribution is 6.30. The van der Waals surface area contributed by atoms with E-state index < -0.39 is 11.6 Å². The quantitative estimate of drug-likeness (QED) is 0.569. The van der Waals surface area contributed by atoms with Crippen molar-refractivity contribution in [3.05, 3.63) is 88.9 Å². The molecular weight excluding hydrogens is 428 g/mol. The van der Waals surface area contributed by atoms with Gasteiger partial charge >= 0.3 is 0 Å². The molecule has 3 aromatic rings. The van der Waals surface area contributed by atoms with Gasteiger partial charge in [0.15, 0.2) is 0 Å². The second kappa shape index (κ2) is 7.57. The summed E-state index contributed by atoms with van der Waals surface area (Å²) in [5.41, 5.74) is 1.27. The zero-order valence-corrected chi connectivity index (χ0v) is 18.4. The van der Waals surface area contributed by atoms with Gasteiger partial charge in [0.25, 0.3) is 5.91 Å². The first-order valence-corrected chi connectivity index (χ1v) is 10.6. The predicted octanol–water partition coefficient (Wildman–Crippen LogP) is 3.86. The van der Waals surface area contributed by atoms with E-state index in [1.54, 1.807) is 48.2 Å². The molecule has 5 rings (SSSR count). The molecule has 2 amide bonds. The number of carbonyl (C=O) groups excluding carboxylic acids is 2. The van der Waals surface area contributed by atoms with Crippen LogP contribution in [0.2, 0.25) is 5.02 Å². The van der Waals surface area contributed by atoms with Gasteiger partial charge in [-0.15, -0.1) is 0 Å². The van der Waals surface area contributed by atoms with Crippen LogP contribution in [0.3, 0.4) is 0 Å². The number of fused-ring (bicyclic) bond motifs is 3. The molecule has 0 bridgehead atoms. The number of methoxy groups -OCH3 is 1. The van der Waals surface area contributed by atoms with Crippen LogP contribution in [0.25, 0.3) is 0 Å². The summed E-state index contributed by atoms with van der Waals surface area (Å²) in [7, 11) is 3.29. The number of hydrogen-bond donors (Lipinski definition) is 0. The Morgan fingerprint density at radius 2 is 1.72 bits per heavy atom. The maximum Gasteiger partial charge on any atom is 0.268 e. The Hall–Kier alpha value is -3.51. The van der Waals surface area contributed by atoms with E-state index in [2.05, 4.69) is 0 Å². The minimum Gasteiger partial charge on any atom is -0.497 e. The van der Waals surface area contributed by atoms with E-state index >= 15 is 0 Å². The van der Waals surface area contributed by atoms with Crippen LogP contribution in [0.1, 0.15) is 11.1 Å². The molecule has 2 heterocycles. The number of anilines is 1. The Kier molecular flexibility index (Phi) is 4.82. The first-order chi connectivity index (χ1) is 15.5. The van der Waals surface area contributed by atoms with Crippen molar-refractivity contribution in [2.45, 2.75) is 11.6 Å². The lowest BCUT2D eigenvalue weighted by atomic mass is 9.69. The van der Waals surface area contributed by atoms with Gasteiger partial charge in [0.05, 0.1) is 7.11 Å². The van der Waals surface area contributed by atoms with E-state index in [1.807, 2.05) is 48.5 Å². The van der Waals surface area contributed by atoms with E-state index in [0.29, 0.717) is 22.2 Å². The Labute approximate surface area is 190 Å². The molecule has 7 heteroatoms. The maximum absolute atomic E-state index is 13.4. The number of likely N-dealkylation sites (N-methyl/N-ethyl adjacent to an activating group) is 1. The zero-order chi connectivity index (χ0) is 22.5. The zero-order valence-electron chi connectivity index (χ0n) is 17.6. The van der Waals surface area contributed by atoms with E-state index in [9.17, 15) is 9.59 Å². The van der Waals surface area contributed by atoms with Crippen molar-refractivity contribution in [3.63, 3.8) is 0 Å². The number of carbonyl (C=O) groups is 2. The smallest absolute Gasteiger partial charge is 0.268 e. The number of hydrogen-bond acceptors (Lipinski definition) is 4. The molecular formula is C25H21ClN2O4. The number of β-lactam (4-membered cyclic amide) rings is 1. The van der Waals surface area contributed by atoms with Crippen molar-refractivity contribution in [1.29, 1.82) is 0 Å². The summed E-state index contributed by atoms with van der Waals surface area (Å²) in [5.74, 6) is 0.690. The minimum absolute atomic E-state index is 0.0610. The molecule has 2 atom stereocenters. The van der Waals surface area contributed by atoms with E-state index in [0.717, 1.165) is 11.1 Å². The van der Waals surface area contributed by atoms with Crippen molar-refractivity contribution in [2.24, 2.45) is 0 Å². The highest BCUT2D eigenvalue weighted by Gasteiger charge is 2.66. The largest absolute Gasteiger partial charge is 0.497 e. The lowest BCUT2D eigenvalue weighted by molar-refractivity contribution is -0.177. The summed E-state index contributed by atoms with van der Waals surface area (Å²) in [6.45, 7) is -0.0610. The molecule has 1 saturated heterocycles. The summed E-state index contributed by atoms with van der Waals surface area (Å²) in [4.78, 5) is 29.5. The van der Waals surface area contributed by atoms with Crippen LogP contribution in [0.4, 0.5) is 5.69 Å². The molecule has 6 nitrogen and oxygen atoms in total. The van der Waals surface area contributed by atoms with Gasteiger partial charge in [-0.3, -0.25) is 9.59 Å². The van der Waals surface area contributed by atoms with Crippen molar-refractivity contribution in [2.75, 3.05) is 25.6 Å². The van der Waals surface area contributed by atoms with Gasteiger partial charge in [-0.2, -0.15) is 0 Å². The van der Waals surface area contributed by atoms with Gasteiger partial charge in [-0.1, -0.05) is 48.0 Å². The Balaban J connectivity index is 1.74. The van der Waals surface area contributed by atoms with E-state index in [1.165, 1.54) is 0 Å². The van der Waals surface area contributed by atoms with Crippen LogP contribution >= 0.6 is 11.6 Å². The standard InChI is InChI=1S/C25H21ClN2O4/c1-27-21-12-11-17(26)13-20(21)25(16-7-4-3-5-8-16)23(24(30)28(25)15-22(27)29)32-19-10-6-9-18(14-19)31-2/h3-14,23H,15H2,1-2H3/t23-,25-/m1/s1. The van der Waals surface area contributed by atoms with Crippen molar-refractivity contribution in [3.8, 4) is 11.5 Å². The van der Waals surface area contributed by atoms with Crippen molar-refractivity contribution < 1.29 is 19.1 Å². The summed E-state index contributed by atoms with van der Waals surface area (Å²) in [5, 5.41) is 0.515. The molecule has 1 fully saturated rings. The normalized spacial score (nSPS) is 21.9. The SMILES string of the molecule is COc1cccc(O[C@@H]2C(=O)N3CC(=O)N(C)c4ccc(Cl)cc4[C@]23c2ccccc2)c1. The molecule has 0 radical (unpaired) electrons. The maximum atomic E-state index is 13.4. The number of nitrogens with zero attached hydrogens (tertiary/aromatic N) is 2. The lowest BCUT2D eigenvalue weighted by Crippen LogP contribution is -2.74. The molecule has 0 N–H and O–H groups in total. The van der Waals surface area contributed by atoms with Gasteiger partial charge in [-0.05, 0) is 35.9 Å². The average Bonchev–Trinajstić information content (AvgIpc) is 2.90. The van der Waals surface area contributed by atoms with Crippen LogP contribution in [0.15, 0.2) is 72.8 Å². The molecule has 2 aliphatic rings. The molecule has 0 aromatic heterocycles. The van der Waals surface area contributed by atoms with E-state index in [4.69, 9.17) is 21.1 Å². The third-order valence-electron chi connectivity index (χ3n) is 6.20. The molecule has 2 aliphatic heterocycles. The van der Waals surface area contributed by atoms with Gasteiger partial charge in [0.1, 0.15) is 23.6 Å². The fourth-order valence-corrected chi connectivity index (χ4v) is 4.81. The average molecular weight is 449 g/mol. The molecule has 0 aliphatic carbocycles. The van der Waals surface area contributed by atoms with Gasteiger partial charge < -0.3 is 19.3 Å². The second-order valence-corrected chi connectivity index (χ2v) is 8.28. The van der Waals surface area contributed by atoms with Crippen molar-refractivity contribution in [1.82, 2.24) is 4.90 Å². The molecule has 162 valence electrons. The van der Waals surface area contributed by atoms with E-state index in [-0.39, 0.29) is 18.4 Å². The highest BCUT2D eigenvalue weighted by atomic mass is 35.5. The molecule has 0 saturated carbocycles. The van der Waals surface area contributed by atoms with Crippen LogP contribution in [0.5, 0.6) is 11.5 Å². The Morgan fingerprint density at radius 1 is 0.969 bits per heavy atom. The molecule has 0 unspecified atom stereocenters. The lowest BCUT2D eigenvalue weighted by Gasteiger charge is -2.56. The number of benzene rings is 3. The first-order valence-electron chi connectivity index (χ1n) is 10.2. The summed E-state index contributed by atoms with van der Waals surface area (Å²) in [6.07, 6.45) is -0.881. The van der Waals surface area contributed by atoms with Crippen LogP contribution in [0, 0.1) is 0 Å². The number of rotatable bonds is 4. The van der Waals surface area contributed by atoms with Gasteiger partial charge in [0.2, 0.25) is 12.0 Å². The second-order valence-electron chi connectivity index (χ2n) is 7.85. The molecule has 0 spiro atoms. The highest BCUT2D eigenvalue weighted by Crippen LogP contribution is 2.53. The summed E-state index contributed by atoms with van der Waals surface area (Å²) < 4.78 is 11.6. The van der Waals surface area contributed by atoms with Gasteiger partial charge in [-0.25, -0.2) is 0 Å².